The highest BCUT2D eigenvalue weighted by molar-refractivity contribution is 7.17. The molecule has 2 N–H and O–H groups in total. The third-order valence-electron chi connectivity index (χ3n) is 5.29. The lowest BCUT2D eigenvalue weighted by atomic mass is 9.91. The van der Waals surface area contributed by atoms with Crippen LogP contribution in [0.2, 0.25) is 0 Å². The van der Waals surface area contributed by atoms with Crippen molar-refractivity contribution >= 4 is 34.2 Å². The van der Waals surface area contributed by atoms with E-state index in [9.17, 15) is 19.5 Å². The van der Waals surface area contributed by atoms with Crippen LogP contribution in [0.15, 0.2) is 11.1 Å². The molecule has 1 aromatic rings. The van der Waals surface area contributed by atoms with E-state index in [1.807, 2.05) is 0 Å². The SMILES string of the molecule is COC(=O)c1c(NC(=O)C2=C(C(=O)O)CCCC2)sc2c1CCCCCC2. The van der Waals surface area contributed by atoms with Gasteiger partial charge < -0.3 is 15.2 Å². The number of aryl methyl sites for hydroxylation is 1. The van der Waals surface area contributed by atoms with Crippen molar-refractivity contribution < 1.29 is 24.2 Å². The molecule has 0 saturated carbocycles. The lowest BCUT2D eigenvalue weighted by molar-refractivity contribution is -0.133. The molecule has 3 rings (SSSR count). The lowest BCUT2D eigenvalue weighted by Gasteiger charge is -2.17. The number of ether oxygens (including phenoxy) is 1. The highest BCUT2D eigenvalue weighted by atomic mass is 32.1. The summed E-state index contributed by atoms with van der Waals surface area (Å²) in [5.41, 5.74) is 1.94. The fourth-order valence-corrected chi connectivity index (χ4v) is 5.17. The summed E-state index contributed by atoms with van der Waals surface area (Å²) in [7, 11) is 1.34. The molecule has 0 aromatic carbocycles. The van der Waals surface area contributed by atoms with Gasteiger partial charge in [0.1, 0.15) is 5.00 Å². The number of anilines is 1. The van der Waals surface area contributed by atoms with Crippen LogP contribution in [0.25, 0.3) is 0 Å². The molecule has 146 valence electrons. The zero-order valence-electron chi connectivity index (χ0n) is 15.6. The maximum atomic E-state index is 12.8. The fraction of sp³-hybridized carbons (Fsp3) is 0.550. The first-order chi connectivity index (χ1) is 13.0. The van der Waals surface area contributed by atoms with Gasteiger partial charge in [-0.05, 0) is 56.9 Å². The van der Waals surface area contributed by atoms with Crippen molar-refractivity contribution in [1.82, 2.24) is 0 Å². The minimum atomic E-state index is -1.04. The smallest absolute Gasteiger partial charge is 0.341 e. The van der Waals surface area contributed by atoms with Gasteiger partial charge in [-0.3, -0.25) is 4.79 Å². The zero-order chi connectivity index (χ0) is 19.4. The topological polar surface area (TPSA) is 92.7 Å². The number of carboxylic acids is 1. The van der Waals surface area contributed by atoms with E-state index in [0.717, 1.165) is 55.4 Å². The Morgan fingerprint density at radius 3 is 2.22 bits per heavy atom. The van der Waals surface area contributed by atoms with Crippen molar-refractivity contribution in [2.45, 2.75) is 64.2 Å². The van der Waals surface area contributed by atoms with Crippen LogP contribution in [0, 0.1) is 0 Å². The Kier molecular flexibility index (Phi) is 6.31. The average molecular weight is 391 g/mol. The van der Waals surface area contributed by atoms with E-state index in [1.165, 1.54) is 24.9 Å². The van der Waals surface area contributed by atoms with Crippen molar-refractivity contribution in [2.24, 2.45) is 0 Å². The monoisotopic (exact) mass is 391 g/mol. The minimum Gasteiger partial charge on any atom is -0.478 e. The Balaban J connectivity index is 1.96. The predicted molar refractivity (Wildman–Crippen MR) is 103 cm³/mol. The van der Waals surface area contributed by atoms with E-state index in [4.69, 9.17) is 4.74 Å². The Morgan fingerprint density at radius 2 is 1.56 bits per heavy atom. The van der Waals surface area contributed by atoms with Crippen molar-refractivity contribution in [1.29, 1.82) is 0 Å². The first kappa shape index (κ1) is 19.6. The van der Waals surface area contributed by atoms with Crippen molar-refractivity contribution in [2.75, 3.05) is 12.4 Å². The van der Waals surface area contributed by atoms with Crippen LogP contribution in [0.3, 0.4) is 0 Å². The van der Waals surface area contributed by atoms with E-state index in [-0.39, 0.29) is 5.57 Å². The second-order valence-corrected chi connectivity index (χ2v) is 8.14. The Morgan fingerprint density at radius 1 is 0.926 bits per heavy atom. The van der Waals surface area contributed by atoms with Gasteiger partial charge in [0.05, 0.1) is 12.7 Å². The summed E-state index contributed by atoms with van der Waals surface area (Å²) in [6.07, 6.45) is 8.50. The van der Waals surface area contributed by atoms with Crippen molar-refractivity contribution in [3.63, 3.8) is 0 Å². The average Bonchev–Trinajstić information content (AvgIpc) is 2.97. The second kappa shape index (κ2) is 8.69. The first-order valence-electron chi connectivity index (χ1n) is 9.52. The number of rotatable bonds is 4. The van der Waals surface area contributed by atoms with Crippen LogP contribution in [0.5, 0.6) is 0 Å². The number of methoxy groups -OCH3 is 1. The highest BCUT2D eigenvalue weighted by Crippen LogP contribution is 2.38. The quantitative estimate of drug-likeness (QED) is 0.754. The molecule has 0 bridgehead atoms. The van der Waals surface area contributed by atoms with Gasteiger partial charge >= 0.3 is 11.9 Å². The molecule has 0 fully saturated rings. The van der Waals surface area contributed by atoms with Crippen molar-refractivity contribution in [3.05, 3.63) is 27.2 Å². The van der Waals surface area contributed by atoms with E-state index >= 15 is 0 Å². The first-order valence-corrected chi connectivity index (χ1v) is 10.3. The summed E-state index contributed by atoms with van der Waals surface area (Å²) in [6.45, 7) is 0. The molecule has 2 aliphatic carbocycles. The number of hydrogen-bond acceptors (Lipinski definition) is 5. The number of amides is 1. The molecule has 0 unspecified atom stereocenters. The number of carbonyl (C=O) groups excluding carboxylic acids is 2. The van der Waals surface area contributed by atoms with Crippen molar-refractivity contribution in [3.8, 4) is 0 Å². The van der Waals surface area contributed by atoms with Crippen LogP contribution < -0.4 is 5.32 Å². The molecule has 1 heterocycles. The molecule has 0 spiro atoms. The molecule has 7 heteroatoms. The second-order valence-electron chi connectivity index (χ2n) is 7.04. The van der Waals surface area contributed by atoms with Crippen LogP contribution in [-0.4, -0.2) is 30.1 Å². The van der Waals surface area contributed by atoms with E-state index in [2.05, 4.69) is 5.32 Å². The molecule has 27 heavy (non-hydrogen) atoms. The Hall–Kier alpha value is -2.15. The lowest BCUT2D eigenvalue weighted by Crippen LogP contribution is -2.22. The maximum Gasteiger partial charge on any atom is 0.341 e. The summed E-state index contributed by atoms with van der Waals surface area (Å²) < 4.78 is 4.97. The predicted octanol–water partition coefficient (Wildman–Crippen LogP) is 4.09. The molecule has 0 saturated heterocycles. The summed E-state index contributed by atoms with van der Waals surface area (Å²) in [4.78, 5) is 37.8. The van der Waals surface area contributed by atoms with E-state index in [1.54, 1.807) is 0 Å². The molecule has 0 aliphatic heterocycles. The summed E-state index contributed by atoms with van der Waals surface area (Å²) >= 11 is 1.43. The minimum absolute atomic E-state index is 0.188. The molecular formula is C20H25NO5S. The van der Waals surface area contributed by atoms with E-state index in [0.29, 0.717) is 29.0 Å². The molecular weight excluding hydrogens is 366 g/mol. The number of hydrogen-bond donors (Lipinski definition) is 2. The molecule has 6 nitrogen and oxygen atoms in total. The standard InChI is InChI=1S/C20H25NO5S/c1-26-20(25)16-14-10-4-2-3-5-11-15(14)27-18(16)21-17(22)12-8-6-7-9-13(12)19(23)24/h2-11H2,1H3,(H,21,22)(H,23,24). The van der Waals surface area contributed by atoms with E-state index < -0.39 is 17.8 Å². The number of nitrogens with one attached hydrogen (secondary N) is 1. The molecule has 1 amide bonds. The highest BCUT2D eigenvalue weighted by Gasteiger charge is 2.28. The molecule has 0 radical (unpaired) electrons. The Labute approximate surface area is 162 Å². The molecule has 2 aliphatic rings. The third kappa shape index (κ3) is 4.24. The van der Waals surface area contributed by atoms with Gasteiger partial charge in [0.25, 0.3) is 5.91 Å². The fourth-order valence-electron chi connectivity index (χ4n) is 3.90. The molecule has 1 aromatic heterocycles. The van der Waals surface area contributed by atoms with Gasteiger partial charge in [0.15, 0.2) is 0 Å². The third-order valence-corrected chi connectivity index (χ3v) is 6.50. The maximum absolute atomic E-state index is 12.8. The largest absolute Gasteiger partial charge is 0.478 e. The van der Waals surface area contributed by atoms with Crippen LogP contribution in [-0.2, 0) is 27.2 Å². The van der Waals surface area contributed by atoms with Gasteiger partial charge in [0, 0.05) is 16.0 Å². The number of carboxylic acid groups (broad SMARTS) is 1. The van der Waals surface area contributed by atoms with Crippen LogP contribution >= 0.6 is 11.3 Å². The molecule has 0 atom stereocenters. The number of esters is 1. The van der Waals surface area contributed by atoms with Gasteiger partial charge in [-0.2, -0.15) is 0 Å². The zero-order valence-corrected chi connectivity index (χ0v) is 16.4. The van der Waals surface area contributed by atoms with Gasteiger partial charge in [-0.1, -0.05) is 12.8 Å². The van der Waals surface area contributed by atoms with Gasteiger partial charge in [-0.25, -0.2) is 9.59 Å². The van der Waals surface area contributed by atoms with Gasteiger partial charge in [0.2, 0.25) is 0 Å². The summed E-state index contributed by atoms with van der Waals surface area (Å²) in [5, 5.41) is 12.7. The van der Waals surface area contributed by atoms with Crippen LogP contribution in [0.1, 0.15) is 72.2 Å². The number of carbonyl (C=O) groups is 3. The van der Waals surface area contributed by atoms with Crippen LogP contribution in [0.4, 0.5) is 5.00 Å². The Bertz CT molecular complexity index is 793. The summed E-state index contributed by atoms with van der Waals surface area (Å²) in [6, 6.07) is 0. The normalized spacial score (nSPS) is 17.5. The number of aliphatic carboxylic acids is 1. The summed E-state index contributed by atoms with van der Waals surface area (Å²) in [5.74, 6) is -1.89. The van der Waals surface area contributed by atoms with Gasteiger partial charge in [-0.15, -0.1) is 11.3 Å². The number of fused-ring (bicyclic) bond motifs is 1. The number of thiophene rings is 1.